The SMILES string of the molecule is Cc1ccc(SN)c(N)c1.SI. The van der Waals surface area contributed by atoms with E-state index in [9.17, 15) is 0 Å². The molecule has 0 aliphatic carbocycles. The normalized spacial score (nSPS) is 8.67. The highest BCUT2D eigenvalue weighted by atomic mass is 127. The molecule has 1 aromatic rings. The summed E-state index contributed by atoms with van der Waals surface area (Å²) in [6.07, 6.45) is 0. The highest BCUT2D eigenvalue weighted by molar-refractivity contribution is 14.2. The number of halogens is 1. The predicted molar refractivity (Wildman–Crippen MR) is 68.6 cm³/mol. The minimum atomic E-state index is 0.757. The summed E-state index contributed by atoms with van der Waals surface area (Å²) in [4.78, 5) is 0.936. The molecular weight excluding hydrogens is 303 g/mol. The van der Waals surface area contributed by atoms with Crippen LogP contribution in [0.3, 0.4) is 0 Å². The molecule has 0 radical (unpaired) electrons. The molecule has 1 aromatic carbocycles. The number of benzene rings is 1. The van der Waals surface area contributed by atoms with Crippen molar-refractivity contribution in [3.8, 4) is 0 Å². The molecule has 0 saturated carbocycles. The van der Waals surface area contributed by atoms with E-state index in [1.165, 1.54) is 11.9 Å². The second-order valence-electron chi connectivity index (χ2n) is 2.16. The van der Waals surface area contributed by atoms with Gasteiger partial charge in [0.2, 0.25) is 0 Å². The lowest BCUT2D eigenvalue weighted by molar-refractivity contribution is 1.38. The van der Waals surface area contributed by atoms with Crippen molar-refractivity contribution < 1.29 is 0 Å². The lowest BCUT2D eigenvalue weighted by atomic mass is 10.2. The van der Waals surface area contributed by atoms with E-state index < -0.39 is 0 Å². The largest absolute Gasteiger partial charge is 0.398 e. The van der Waals surface area contributed by atoms with Crippen LogP contribution >= 0.6 is 43.0 Å². The van der Waals surface area contributed by atoms with Crippen molar-refractivity contribution in [1.29, 1.82) is 0 Å². The third-order valence-electron chi connectivity index (χ3n) is 1.29. The molecule has 2 nitrogen and oxygen atoms in total. The standard InChI is InChI=1S/C7H10N2S.HIS/c1-5-2-3-7(10-9)6(8)4-5;1-2/h2-4H,8-9H2,1H3;2H. The fourth-order valence-electron chi connectivity index (χ4n) is 0.775. The summed E-state index contributed by atoms with van der Waals surface area (Å²) in [6, 6.07) is 5.83. The first-order valence-corrected chi connectivity index (χ1v) is 7.25. The lowest BCUT2D eigenvalue weighted by Gasteiger charge is -2.00. The highest BCUT2D eigenvalue weighted by Gasteiger charge is 1.95. The zero-order chi connectivity index (χ0) is 9.56. The first kappa shape index (κ1) is 12.4. The number of nitrogens with two attached hydrogens (primary N) is 2. The van der Waals surface area contributed by atoms with Crippen molar-refractivity contribution in [2.45, 2.75) is 11.8 Å². The van der Waals surface area contributed by atoms with Crippen LogP contribution in [0.4, 0.5) is 5.69 Å². The molecule has 0 spiro atoms. The van der Waals surface area contributed by atoms with Crippen molar-refractivity contribution in [3.05, 3.63) is 23.8 Å². The summed E-state index contributed by atoms with van der Waals surface area (Å²) in [6.45, 7) is 2.00. The van der Waals surface area contributed by atoms with Gasteiger partial charge in [0.1, 0.15) is 0 Å². The zero-order valence-electron chi connectivity index (χ0n) is 6.62. The molecule has 1 rings (SSSR count). The smallest absolute Gasteiger partial charge is 0.0468 e. The van der Waals surface area contributed by atoms with E-state index in [1.54, 1.807) is 0 Å². The number of hydrogen-bond donors (Lipinski definition) is 3. The Labute approximate surface area is 94.6 Å². The number of anilines is 1. The second-order valence-corrected chi connectivity index (χ2v) is 2.83. The molecule has 0 aliphatic heterocycles. The molecule has 0 heterocycles. The Balaban J connectivity index is 0.000000561. The van der Waals surface area contributed by atoms with Crippen LogP contribution in [0.1, 0.15) is 5.56 Å². The third kappa shape index (κ3) is 3.88. The van der Waals surface area contributed by atoms with Gasteiger partial charge in [-0.2, -0.15) is 0 Å². The topological polar surface area (TPSA) is 52.0 Å². The third-order valence-corrected chi connectivity index (χ3v) is 1.92. The molecule has 5 heteroatoms. The highest BCUT2D eigenvalue weighted by Crippen LogP contribution is 2.20. The number of thiol groups is 1. The lowest BCUT2D eigenvalue weighted by Crippen LogP contribution is -1.90. The molecule has 0 fully saturated rings. The summed E-state index contributed by atoms with van der Waals surface area (Å²) >= 11 is 3.02. The maximum atomic E-state index is 5.63. The van der Waals surface area contributed by atoms with Gasteiger partial charge in [0.05, 0.1) is 0 Å². The fourth-order valence-corrected chi connectivity index (χ4v) is 1.12. The van der Waals surface area contributed by atoms with Crippen molar-refractivity contribution in [2.75, 3.05) is 5.73 Å². The Hall–Kier alpha value is 0.410. The summed E-state index contributed by atoms with van der Waals surface area (Å²) < 4.78 is 0. The first-order valence-electron chi connectivity index (χ1n) is 3.14. The van der Waals surface area contributed by atoms with Crippen LogP contribution in [-0.4, -0.2) is 0 Å². The van der Waals surface area contributed by atoms with Gasteiger partial charge >= 0.3 is 0 Å². The number of hydrogen-bond acceptors (Lipinski definition) is 4. The molecule has 4 N–H and O–H groups in total. The molecule has 0 unspecified atom stereocenters. The van der Waals surface area contributed by atoms with Crippen LogP contribution in [0, 0.1) is 6.92 Å². The first-order chi connectivity index (χ1) is 5.74. The molecule has 0 aromatic heterocycles. The van der Waals surface area contributed by atoms with Gasteiger partial charge in [-0.15, -0.1) is 9.80 Å². The quantitative estimate of drug-likeness (QED) is 0.323. The van der Waals surface area contributed by atoms with E-state index in [0.29, 0.717) is 0 Å². The zero-order valence-corrected chi connectivity index (χ0v) is 10.5. The van der Waals surface area contributed by atoms with E-state index in [2.05, 4.69) is 9.80 Å². The van der Waals surface area contributed by atoms with E-state index in [4.69, 9.17) is 10.9 Å². The average Bonchev–Trinajstić information content (AvgIpc) is 2.08. The van der Waals surface area contributed by atoms with Crippen molar-refractivity contribution in [2.24, 2.45) is 5.14 Å². The van der Waals surface area contributed by atoms with Gasteiger partial charge in [-0.25, -0.2) is 0 Å². The van der Waals surface area contributed by atoms with Crippen LogP contribution in [0.25, 0.3) is 0 Å². The van der Waals surface area contributed by atoms with Gasteiger partial charge in [0, 0.05) is 10.6 Å². The minimum absolute atomic E-state index is 0.757. The Bertz CT molecular complexity index is 243. The monoisotopic (exact) mass is 314 g/mol. The number of aryl methyl sites for hydroxylation is 1. The maximum absolute atomic E-state index is 5.63. The Morgan fingerprint density at radius 3 is 2.42 bits per heavy atom. The summed E-state index contributed by atoms with van der Waals surface area (Å²) in [5.41, 5.74) is 7.55. The molecule has 12 heavy (non-hydrogen) atoms. The number of nitrogen functional groups attached to an aromatic ring is 1. The van der Waals surface area contributed by atoms with Crippen LogP contribution in [0.2, 0.25) is 0 Å². The van der Waals surface area contributed by atoms with Gasteiger partial charge in [-0.3, -0.25) is 5.14 Å². The van der Waals surface area contributed by atoms with E-state index in [1.807, 2.05) is 46.3 Å². The predicted octanol–water partition coefficient (Wildman–Crippen LogP) is 2.81. The molecule has 68 valence electrons. The van der Waals surface area contributed by atoms with Crippen molar-refractivity contribution >= 4 is 48.6 Å². The van der Waals surface area contributed by atoms with Crippen LogP contribution < -0.4 is 10.9 Å². The molecular formula is C7H11IN2S2. The van der Waals surface area contributed by atoms with E-state index >= 15 is 0 Å². The van der Waals surface area contributed by atoms with Crippen LogP contribution in [0.15, 0.2) is 23.1 Å². The van der Waals surface area contributed by atoms with Gasteiger partial charge in [0.25, 0.3) is 0 Å². The minimum Gasteiger partial charge on any atom is -0.398 e. The number of rotatable bonds is 1. The summed E-state index contributed by atoms with van der Waals surface area (Å²) in [5, 5.41) is 5.34. The fraction of sp³-hybridized carbons (Fsp3) is 0.143. The second kappa shape index (κ2) is 6.88. The summed E-state index contributed by atoms with van der Waals surface area (Å²) in [5.74, 6) is 0. The average molecular weight is 314 g/mol. The van der Waals surface area contributed by atoms with Crippen molar-refractivity contribution in [1.82, 2.24) is 0 Å². The van der Waals surface area contributed by atoms with Gasteiger partial charge in [-0.1, -0.05) is 6.07 Å². The molecule has 0 atom stereocenters. The van der Waals surface area contributed by atoms with Crippen molar-refractivity contribution in [3.63, 3.8) is 0 Å². The molecule has 0 bridgehead atoms. The van der Waals surface area contributed by atoms with E-state index in [0.717, 1.165) is 16.1 Å². The molecule has 0 amide bonds. The van der Waals surface area contributed by atoms with Gasteiger partial charge in [0.15, 0.2) is 0 Å². The Morgan fingerprint density at radius 1 is 1.42 bits per heavy atom. The van der Waals surface area contributed by atoms with Gasteiger partial charge in [-0.05, 0) is 57.8 Å². The van der Waals surface area contributed by atoms with E-state index in [-0.39, 0.29) is 0 Å². The van der Waals surface area contributed by atoms with Crippen LogP contribution in [0.5, 0.6) is 0 Å². The van der Waals surface area contributed by atoms with Gasteiger partial charge < -0.3 is 5.73 Å². The molecule has 0 aliphatic rings. The van der Waals surface area contributed by atoms with Crippen LogP contribution in [-0.2, 0) is 0 Å². The Morgan fingerprint density at radius 2 is 2.00 bits per heavy atom. The molecule has 0 saturated heterocycles. The maximum Gasteiger partial charge on any atom is 0.0468 e. The Kier molecular flexibility index (Phi) is 7.11. The summed E-state index contributed by atoms with van der Waals surface area (Å²) in [7, 11) is 3.50.